The van der Waals surface area contributed by atoms with Gasteiger partial charge in [0.15, 0.2) is 11.5 Å². The van der Waals surface area contributed by atoms with Crippen molar-refractivity contribution in [1.29, 1.82) is 0 Å². The standard InChI is InChI=1S/C18H23BrN2O5/c1-5-6-7-12-14(17(22)26-4)15(21-18(23)20-12)11-8-10(19)9-13(24-2)16(11)25-3/h8-9,15H,5-7H2,1-4H3,(H2,20,21,23). The number of benzene rings is 1. The maximum Gasteiger partial charge on any atom is 0.337 e. The molecule has 2 rings (SSSR count). The SMILES string of the molecule is CCCCC1=C(C(=O)OC)C(c2cc(Br)cc(OC)c2OC)NC(=O)N1. The lowest BCUT2D eigenvalue weighted by molar-refractivity contribution is -0.136. The highest BCUT2D eigenvalue weighted by atomic mass is 79.9. The Labute approximate surface area is 161 Å². The van der Waals surface area contributed by atoms with Crippen LogP contribution in [0.1, 0.15) is 37.8 Å². The summed E-state index contributed by atoms with van der Waals surface area (Å²) in [6.07, 6.45) is 2.33. The second-order valence-electron chi connectivity index (χ2n) is 5.75. The smallest absolute Gasteiger partial charge is 0.337 e. The van der Waals surface area contributed by atoms with Crippen LogP contribution >= 0.6 is 15.9 Å². The van der Waals surface area contributed by atoms with Gasteiger partial charge in [0, 0.05) is 15.7 Å². The zero-order chi connectivity index (χ0) is 19.3. The van der Waals surface area contributed by atoms with Crippen LogP contribution in [0.4, 0.5) is 4.79 Å². The van der Waals surface area contributed by atoms with Crippen molar-refractivity contribution in [3.63, 3.8) is 0 Å². The van der Waals surface area contributed by atoms with Crippen LogP contribution in [-0.2, 0) is 9.53 Å². The number of halogens is 1. The summed E-state index contributed by atoms with van der Waals surface area (Å²) in [5, 5.41) is 5.53. The molecule has 0 fully saturated rings. The highest BCUT2D eigenvalue weighted by Gasteiger charge is 2.35. The number of nitrogens with one attached hydrogen (secondary N) is 2. The number of ether oxygens (including phenoxy) is 3. The van der Waals surface area contributed by atoms with Gasteiger partial charge in [-0.05, 0) is 25.0 Å². The summed E-state index contributed by atoms with van der Waals surface area (Å²) in [7, 11) is 4.36. The lowest BCUT2D eigenvalue weighted by Crippen LogP contribution is -2.46. The van der Waals surface area contributed by atoms with E-state index in [1.54, 1.807) is 12.1 Å². The molecule has 0 aromatic heterocycles. The fourth-order valence-electron chi connectivity index (χ4n) is 2.93. The number of amides is 2. The number of rotatable bonds is 7. The van der Waals surface area contributed by atoms with E-state index in [1.165, 1.54) is 21.3 Å². The molecule has 2 amide bonds. The molecule has 0 bridgehead atoms. The molecule has 0 radical (unpaired) electrons. The van der Waals surface area contributed by atoms with E-state index in [4.69, 9.17) is 14.2 Å². The van der Waals surface area contributed by atoms with Crippen molar-refractivity contribution < 1.29 is 23.8 Å². The first kappa shape index (κ1) is 20.1. The first-order valence-corrected chi connectivity index (χ1v) is 9.06. The highest BCUT2D eigenvalue weighted by Crippen LogP contribution is 2.41. The molecule has 1 aromatic carbocycles. The molecule has 1 aliphatic heterocycles. The maximum absolute atomic E-state index is 12.5. The van der Waals surface area contributed by atoms with Gasteiger partial charge in [-0.25, -0.2) is 9.59 Å². The van der Waals surface area contributed by atoms with Crippen LogP contribution in [0.2, 0.25) is 0 Å². The number of allylic oxidation sites excluding steroid dienone is 1. The van der Waals surface area contributed by atoms with Crippen LogP contribution in [0.25, 0.3) is 0 Å². The molecule has 1 aromatic rings. The summed E-state index contributed by atoms with van der Waals surface area (Å²) < 4.78 is 16.6. The topological polar surface area (TPSA) is 85.9 Å². The normalized spacial score (nSPS) is 16.7. The number of urea groups is 1. The first-order chi connectivity index (χ1) is 12.5. The van der Waals surface area contributed by atoms with Gasteiger partial charge in [-0.1, -0.05) is 29.3 Å². The molecular formula is C18H23BrN2O5. The van der Waals surface area contributed by atoms with Gasteiger partial charge in [0.25, 0.3) is 0 Å². The number of hydrogen-bond donors (Lipinski definition) is 2. The molecule has 26 heavy (non-hydrogen) atoms. The Hall–Kier alpha value is -2.22. The van der Waals surface area contributed by atoms with Crippen molar-refractivity contribution in [3.8, 4) is 11.5 Å². The van der Waals surface area contributed by atoms with Crippen molar-refractivity contribution in [1.82, 2.24) is 10.6 Å². The van der Waals surface area contributed by atoms with E-state index in [2.05, 4.69) is 26.6 Å². The zero-order valence-corrected chi connectivity index (χ0v) is 16.9. The number of carbonyl (C=O) groups is 2. The molecule has 8 heteroatoms. The summed E-state index contributed by atoms with van der Waals surface area (Å²) >= 11 is 3.43. The third-order valence-electron chi connectivity index (χ3n) is 4.12. The van der Waals surface area contributed by atoms with Crippen molar-refractivity contribution in [2.75, 3.05) is 21.3 Å². The minimum atomic E-state index is -0.718. The fraction of sp³-hybridized carbons (Fsp3) is 0.444. The summed E-state index contributed by atoms with van der Waals surface area (Å²) in [5.41, 5.74) is 1.52. The van der Waals surface area contributed by atoms with Crippen LogP contribution in [0.3, 0.4) is 0 Å². The third kappa shape index (κ3) is 4.12. The molecule has 0 saturated carbocycles. The number of hydrogen-bond acceptors (Lipinski definition) is 5. The fourth-order valence-corrected chi connectivity index (χ4v) is 3.38. The third-order valence-corrected chi connectivity index (χ3v) is 4.58. The van der Waals surface area contributed by atoms with E-state index in [1.807, 2.05) is 6.92 Å². The van der Waals surface area contributed by atoms with E-state index in [-0.39, 0.29) is 6.03 Å². The Morgan fingerprint density at radius 1 is 1.23 bits per heavy atom. The number of carbonyl (C=O) groups excluding carboxylic acids is 2. The maximum atomic E-state index is 12.5. The minimum Gasteiger partial charge on any atom is -0.493 e. The molecule has 0 aliphatic carbocycles. The van der Waals surface area contributed by atoms with Gasteiger partial charge in [-0.2, -0.15) is 0 Å². The van der Waals surface area contributed by atoms with Gasteiger partial charge in [-0.3, -0.25) is 0 Å². The molecule has 0 saturated heterocycles. The molecular weight excluding hydrogens is 404 g/mol. The molecule has 7 nitrogen and oxygen atoms in total. The molecule has 2 N–H and O–H groups in total. The van der Waals surface area contributed by atoms with Crippen LogP contribution in [0.15, 0.2) is 27.9 Å². The van der Waals surface area contributed by atoms with E-state index < -0.39 is 12.0 Å². The minimum absolute atomic E-state index is 0.360. The number of esters is 1. The van der Waals surface area contributed by atoms with Crippen LogP contribution in [0, 0.1) is 0 Å². The predicted octanol–water partition coefficient (Wildman–Crippen LogP) is 3.44. The van der Waals surface area contributed by atoms with E-state index in [0.29, 0.717) is 34.8 Å². The first-order valence-electron chi connectivity index (χ1n) is 8.27. The quantitative estimate of drug-likeness (QED) is 0.652. The second kappa shape index (κ2) is 8.93. The highest BCUT2D eigenvalue weighted by molar-refractivity contribution is 9.10. The Morgan fingerprint density at radius 2 is 1.96 bits per heavy atom. The second-order valence-corrected chi connectivity index (χ2v) is 6.67. The van der Waals surface area contributed by atoms with Gasteiger partial charge in [-0.15, -0.1) is 0 Å². The Morgan fingerprint density at radius 3 is 2.54 bits per heavy atom. The van der Waals surface area contributed by atoms with Crippen molar-refractivity contribution in [2.24, 2.45) is 0 Å². The van der Waals surface area contributed by atoms with Crippen molar-refractivity contribution in [2.45, 2.75) is 32.2 Å². The largest absolute Gasteiger partial charge is 0.493 e. The Kier molecular flexibility index (Phi) is 6.90. The summed E-state index contributed by atoms with van der Waals surface area (Å²) in [5.74, 6) is 0.428. The lowest BCUT2D eigenvalue weighted by atomic mass is 9.92. The summed E-state index contributed by atoms with van der Waals surface area (Å²) in [6.45, 7) is 2.04. The Balaban J connectivity index is 2.66. The van der Waals surface area contributed by atoms with E-state index >= 15 is 0 Å². The number of methoxy groups -OCH3 is 3. The van der Waals surface area contributed by atoms with Crippen LogP contribution < -0.4 is 20.1 Å². The molecule has 142 valence electrons. The molecule has 1 aliphatic rings. The molecule has 0 spiro atoms. The van der Waals surface area contributed by atoms with Gasteiger partial charge < -0.3 is 24.8 Å². The van der Waals surface area contributed by atoms with Crippen molar-refractivity contribution in [3.05, 3.63) is 33.4 Å². The molecule has 1 heterocycles. The summed E-state index contributed by atoms with van der Waals surface area (Å²) in [6, 6.07) is 2.45. The predicted molar refractivity (Wildman–Crippen MR) is 100 cm³/mol. The number of unbranched alkanes of at least 4 members (excludes halogenated alkanes) is 1. The average molecular weight is 427 g/mol. The molecule has 1 atom stereocenters. The van der Waals surface area contributed by atoms with Gasteiger partial charge in [0.05, 0.1) is 32.9 Å². The summed E-state index contributed by atoms with van der Waals surface area (Å²) in [4.78, 5) is 24.7. The van der Waals surface area contributed by atoms with E-state index in [0.717, 1.165) is 17.3 Å². The van der Waals surface area contributed by atoms with Gasteiger partial charge in [0.2, 0.25) is 0 Å². The van der Waals surface area contributed by atoms with Crippen LogP contribution in [0.5, 0.6) is 11.5 Å². The molecule has 1 unspecified atom stereocenters. The zero-order valence-electron chi connectivity index (χ0n) is 15.3. The monoisotopic (exact) mass is 426 g/mol. The van der Waals surface area contributed by atoms with Crippen LogP contribution in [-0.4, -0.2) is 33.3 Å². The van der Waals surface area contributed by atoms with E-state index in [9.17, 15) is 9.59 Å². The van der Waals surface area contributed by atoms with Gasteiger partial charge >= 0.3 is 12.0 Å². The average Bonchev–Trinajstić information content (AvgIpc) is 2.64. The van der Waals surface area contributed by atoms with Gasteiger partial charge in [0.1, 0.15) is 0 Å². The van der Waals surface area contributed by atoms with Crippen molar-refractivity contribution >= 4 is 27.9 Å². The lowest BCUT2D eigenvalue weighted by Gasteiger charge is -2.30. The Bertz CT molecular complexity index is 733.